The van der Waals surface area contributed by atoms with Crippen molar-refractivity contribution in [3.05, 3.63) is 44.5 Å². The lowest BCUT2D eigenvalue weighted by atomic mass is 10.1. The molecule has 0 atom stereocenters. The minimum absolute atomic E-state index is 0.195. The van der Waals surface area contributed by atoms with E-state index in [2.05, 4.69) is 31.9 Å². The molecule has 1 aromatic carbocycles. The summed E-state index contributed by atoms with van der Waals surface area (Å²) in [5, 5.41) is 0. The van der Waals surface area contributed by atoms with Crippen molar-refractivity contribution in [2.45, 2.75) is 0 Å². The Balaban J connectivity index is 2.66. The fraction of sp³-hybridized carbons (Fsp3) is 0.0769. The van der Waals surface area contributed by atoms with Crippen molar-refractivity contribution >= 4 is 44.1 Å². The second kappa shape index (κ2) is 5.71. The Morgan fingerprint density at radius 3 is 2.63 bits per heavy atom. The summed E-state index contributed by atoms with van der Waals surface area (Å²) in [4.78, 5) is 22.5. The van der Waals surface area contributed by atoms with Crippen molar-refractivity contribution in [2.24, 2.45) is 0 Å². The molecule has 0 radical (unpaired) electrons. The Bertz CT molecular complexity index is 646. The molecule has 6 heteroatoms. The number of benzene rings is 1. The average Bonchev–Trinajstić information content (AvgIpc) is 2.85. The number of hydrogen-bond acceptors (Lipinski definition) is 4. The highest BCUT2D eigenvalue weighted by atomic mass is 79.9. The van der Waals surface area contributed by atoms with Crippen LogP contribution in [0.3, 0.4) is 0 Å². The maximum absolute atomic E-state index is 11.8. The molecule has 4 nitrogen and oxygen atoms in total. The minimum atomic E-state index is -0.485. The fourth-order valence-corrected chi connectivity index (χ4v) is 3.07. The first kappa shape index (κ1) is 14.0. The van der Waals surface area contributed by atoms with E-state index in [0.29, 0.717) is 27.6 Å². The minimum Gasteiger partial charge on any atom is -0.465 e. The van der Waals surface area contributed by atoms with Gasteiger partial charge in [-0.1, -0.05) is 15.9 Å². The largest absolute Gasteiger partial charge is 0.465 e. The third-order valence-corrected chi connectivity index (χ3v) is 3.53. The van der Waals surface area contributed by atoms with Crippen LogP contribution in [0.5, 0.6) is 0 Å². The van der Waals surface area contributed by atoms with Gasteiger partial charge in [-0.05, 0) is 40.2 Å². The van der Waals surface area contributed by atoms with Gasteiger partial charge in [0.25, 0.3) is 0 Å². The predicted molar refractivity (Wildman–Crippen MR) is 76.3 cm³/mol. The lowest BCUT2D eigenvalue weighted by Gasteiger charge is -2.09. The maximum Gasteiger partial charge on any atom is 0.338 e. The summed E-state index contributed by atoms with van der Waals surface area (Å²) < 4.78 is 11.5. The number of carbonyl (C=O) groups is 2. The number of hydrogen-bond donors (Lipinski definition) is 0. The van der Waals surface area contributed by atoms with Crippen molar-refractivity contribution in [3.8, 4) is 11.3 Å². The summed E-state index contributed by atoms with van der Waals surface area (Å²) in [7, 11) is 1.31. The number of aldehydes is 1. The van der Waals surface area contributed by atoms with Crippen molar-refractivity contribution in [3.63, 3.8) is 0 Å². The lowest BCUT2D eigenvalue weighted by molar-refractivity contribution is 0.0601. The third kappa shape index (κ3) is 2.79. The van der Waals surface area contributed by atoms with Gasteiger partial charge in [0.05, 0.1) is 12.7 Å². The van der Waals surface area contributed by atoms with Crippen LogP contribution in [0.15, 0.2) is 37.6 Å². The molecule has 2 rings (SSSR count). The third-order valence-electron chi connectivity index (χ3n) is 2.45. The average molecular weight is 388 g/mol. The molecule has 0 saturated heterocycles. The number of methoxy groups -OCH3 is 1. The SMILES string of the molecule is COC(=O)c1cc(Br)cc(Br)c1-c1ccc(C=O)o1. The zero-order chi connectivity index (χ0) is 14.0. The number of ether oxygens (including phenoxy) is 1. The molecule has 0 spiro atoms. The van der Waals surface area contributed by atoms with E-state index in [1.165, 1.54) is 13.2 Å². The van der Waals surface area contributed by atoms with Crippen molar-refractivity contribution in [2.75, 3.05) is 7.11 Å². The summed E-state index contributed by atoms with van der Waals surface area (Å²) >= 11 is 6.69. The summed E-state index contributed by atoms with van der Waals surface area (Å²) in [6, 6.07) is 6.59. The number of rotatable bonds is 3. The summed E-state index contributed by atoms with van der Waals surface area (Å²) in [5.41, 5.74) is 0.888. The summed E-state index contributed by atoms with van der Waals surface area (Å²) in [6.45, 7) is 0. The molecule has 0 aliphatic rings. The van der Waals surface area contributed by atoms with E-state index in [1.54, 1.807) is 18.2 Å². The number of furan rings is 1. The van der Waals surface area contributed by atoms with Gasteiger partial charge in [0.15, 0.2) is 12.0 Å². The van der Waals surface area contributed by atoms with Gasteiger partial charge in [0, 0.05) is 14.5 Å². The molecule has 1 heterocycles. The van der Waals surface area contributed by atoms with E-state index in [4.69, 9.17) is 9.15 Å². The summed E-state index contributed by atoms with van der Waals surface area (Å²) in [6.07, 6.45) is 0.605. The molecule has 0 aliphatic heterocycles. The molecule has 2 aromatic rings. The van der Waals surface area contributed by atoms with Crippen LogP contribution in [0.2, 0.25) is 0 Å². The zero-order valence-corrected chi connectivity index (χ0v) is 12.9. The van der Waals surface area contributed by atoms with Gasteiger partial charge in [0.1, 0.15) is 5.76 Å². The number of carbonyl (C=O) groups excluding carboxylic acids is 2. The van der Waals surface area contributed by atoms with Gasteiger partial charge >= 0.3 is 5.97 Å². The maximum atomic E-state index is 11.8. The second-order valence-electron chi connectivity index (χ2n) is 3.62. The molecule has 0 N–H and O–H groups in total. The van der Waals surface area contributed by atoms with Gasteiger partial charge in [-0.2, -0.15) is 0 Å². The molecule has 0 bridgehead atoms. The van der Waals surface area contributed by atoms with Crippen LogP contribution in [-0.2, 0) is 4.74 Å². The molecule has 0 fully saturated rings. The van der Waals surface area contributed by atoms with Crippen LogP contribution in [0.1, 0.15) is 20.9 Å². The van der Waals surface area contributed by atoms with Gasteiger partial charge < -0.3 is 9.15 Å². The van der Waals surface area contributed by atoms with Crippen molar-refractivity contribution in [1.29, 1.82) is 0 Å². The molecule has 0 amide bonds. The Morgan fingerprint density at radius 2 is 2.05 bits per heavy atom. The smallest absolute Gasteiger partial charge is 0.338 e. The van der Waals surface area contributed by atoms with Gasteiger partial charge in [-0.25, -0.2) is 4.79 Å². The van der Waals surface area contributed by atoms with Crippen LogP contribution in [-0.4, -0.2) is 19.4 Å². The van der Waals surface area contributed by atoms with Crippen LogP contribution < -0.4 is 0 Å². The van der Waals surface area contributed by atoms with Crippen LogP contribution in [0.25, 0.3) is 11.3 Å². The normalized spacial score (nSPS) is 10.3. The standard InChI is InChI=1S/C13H8Br2O4/c1-18-13(17)9-4-7(14)5-10(15)12(9)11-3-2-8(6-16)19-11/h2-6H,1H3. The molecule has 0 unspecified atom stereocenters. The highest BCUT2D eigenvalue weighted by Gasteiger charge is 2.20. The molecule has 98 valence electrons. The second-order valence-corrected chi connectivity index (χ2v) is 5.39. The van der Waals surface area contributed by atoms with E-state index in [9.17, 15) is 9.59 Å². The topological polar surface area (TPSA) is 56.5 Å². The highest BCUT2D eigenvalue weighted by molar-refractivity contribution is 9.11. The zero-order valence-electron chi connectivity index (χ0n) is 9.78. The first-order chi connectivity index (χ1) is 9.06. The van der Waals surface area contributed by atoms with E-state index < -0.39 is 5.97 Å². The van der Waals surface area contributed by atoms with Crippen LogP contribution in [0, 0.1) is 0 Å². The predicted octanol–water partition coefficient (Wildman–Crippen LogP) is 4.07. The molecular formula is C13H8Br2O4. The Hall–Kier alpha value is -1.40. The van der Waals surface area contributed by atoms with Gasteiger partial charge in [0.2, 0.25) is 0 Å². The van der Waals surface area contributed by atoms with E-state index in [1.807, 2.05) is 0 Å². The first-order valence-corrected chi connectivity index (χ1v) is 6.78. The van der Waals surface area contributed by atoms with E-state index in [0.717, 1.165) is 4.47 Å². The van der Waals surface area contributed by atoms with E-state index >= 15 is 0 Å². The number of halogens is 2. The van der Waals surface area contributed by atoms with Crippen LogP contribution in [0.4, 0.5) is 0 Å². The molecule has 0 saturated carbocycles. The van der Waals surface area contributed by atoms with Gasteiger partial charge in [-0.3, -0.25) is 4.79 Å². The van der Waals surface area contributed by atoms with Crippen molar-refractivity contribution < 1.29 is 18.7 Å². The molecular weight excluding hydrogens is 380 g/mol. The van der Waals surface area contributed by atoms with E-state index in [-0.39, 0.29) is 5.76 Å². The number of esters is 1. The van der Waals surface area contributed by atoms with Crippen molar-refractivity contribution in [1.82, 2.24) is 0 Å². The quantitative estimate of drug-likeness (QED) is 0.588. The van der Waals surface area contributed by atoms with Crippen LogP contribution >= 0.6 is 31.9 Å². The Kier molecular flexibility index (Phi) is 4.21. The summed E-state index contributed by atoms with van der Waals surface area (Å²) in [5.74, 6) is 0.128. The molecule has 19 heavy (non-hydrogen) atoms. The fourth-order valence-electron chi connectivity index (χ4n) is 1.65. The highest BCUT2D eigenvalue weighted by Crippen LogP contribution is 2.35. The lowest BCUT2D eigenvalue weighted by Crippen LogP contribution is -2.04. The molecule has 0 aliphatic carbocycles. The van der Waals surface area contributed by atoms with Gasteiger partial charge in [-0.15, -0.1) is 0 Å². The Morgan fingerprint density at radius 1 is 1.32 bits per heavy atom. The monoisotopic (exact) mass is 386 g/mol. The Labute approximate surface area is 126 Å². The molecule has 1 aromatic heterocycles. The first-order valence-electron chi connectivity index (χ1n) is 5.19.